The largest absolute Gasteiger partial charge is 0.392 e. The Bertz CT molecular complexity index is 429. The van der Waals surface area contributed by atoms with E-state index in [9.17, 15) is 4.79 Å². The van der Waals surface area contributed by atoms with Gasteiger partial charge in [0.2, 0.25) is 5.91 Å². The first kappa shape index (κ1) is 14.1. The molecule has 1 rings (SSSR count). The molecule has 1 aromatic rings. The van der Waals surface area contributed by atoms with E-state index in [-0.39, 0.29) is 10.9 Å². The first-order valence-corrected chi connectivity index (χ1v) is 6.37. The van der Waals surface area contributed by atoms with Crippen molar-refractivity contribution in [1.82, 2.24) is 5.32 Å². The molecule has 0 unspecified atom stereocenters. The summed E-state index contributed by atoms with van der Waals surface area (Å²) in [5, 5.41) is 2.82. The van der Waals surface area contributed by atoms with Gasteiger partial charge in [-0.1, -0.05) is 40.3 Å². The summed E-state index contributed by atoms with van der Waals surface area (Å²) in [6, 6.07) is 7.75. The number of amides is 1. The quantitative estimate of drug-likeness (QED) is 0.839. The molecule has 0 radical (unpaired) electrons. The fraction of sp³-hybridized carbons (Fsp3) is 0.333. The second-order valence-electron chi connectivity index (χ2n) is 4.30. The molecule has 0 aliphatic heterocycles. The van der Waals surface area contributed by atoms with Gasteiger partial charge in [0.1, 0.15) is 0 Å². The normalized spacial score (nSPS) is 11.0. The fourth-order valence-corrected chi connectivity index (χ4v) is 1.47. The summed E-state index contributed by atoms with van der Waals surface area (Å²) in [5.74, 6) is -0.159. The molecule has 17 heavy (non-hydrogen) atoms. The maximum atomic E-state index is 11.9. The predicted molar refractivity (Wildman–Crippen MR) is 76.6 cm³/mol. The van der Waals surface area contributed by atoms with Crippen molar-refractivity contribution in [3.63, 3.8) is 0 Å². The van der Waals surface area contributed by atoms with Crippen LogP contribution >= 0.6 is 28.1 Å². The maximum absolute atomic E-state index is 11.9. The van der Waals surface area contributed by atoms with Crippen molar-refractivity contribution in [2.75, 3.05) is 0 Å². The van der Waals surface area contributed by atoms with Crippen molar-refractivity contribution >= 4 is 39.0 Å². The lowest BCUT2D eigenvalue weighted by Gasteiger charge is -2.21. The lowest BCUT2D eigenvalue weighted by Crippen LogP contribution is -2.44. The van der Waals surface area contributed by atoms with Crippen LogP contribution < -0.4 is 11.1 Å². The molecule has 3 N–H and O–H groups in total. The zero-order valence-corrected chi connectivity index (χ0v) is 12.2. The van der Waals surface area contributed by atoms with Crippen LogP contribution in [-0.4, -0.2) is 10.9 Å². The second-order valence-corrected chi connectivity index (χ2v) is 5.65. The number of benzene rings is 1. The van der Waals surface area contributed by atoms with E-state index >= 15 is 0 Å². The van der Waals surface area contributed by atoms with Gasteiger partial charge in [0.05, 0.1) is 10.4 Å². The molecule has 0 heterocycles. The average Bonchev–Trinajstić information content (AvgIpc) is 2.27. The summed E-state index contributed by atoms with van der Waals surface area (Å²) in [6.07, 6.45) is 0. The van der Waals surface area contributed by atoms with E-state index in [1.54, 1.807) is 13.8 Å². The Labute approximate surface area is 115 Å². The van der Waals surface area contributed by atoms with Gasteiger partial charge in [0.15, 0.2) is 0 Å². The molecular weight excluding hydrogens is 300 g/mol. The highest BCUT2D eigenvalue weighted by Crippen LogP contribution is 2.16. The molecule has 0 fully saturated rings. The van der Waals surface area contributed by atoms with Crippen molar-refractivity contribution in [2.24, 2.45) is 11.1 Å². The molecule has 0 bridgehead atoms. The van der Waals surface area contributed by atoms with Gasteiger partial charge in [-0.3, -0.25) is 4.79 Å². The minimum Gasteiger partial charge on any atom is -0.392 e. The number of hydrogen-bond donors (Lipinski definition) is 2. The van der Waals surface area contributed by atoms with Crippen LogP contribution in [0.2, 0.25) is 0 Å². The van der Waals surface area contributed by atoms with Crippen LogP contribution in [0, 0.1) is 5.41 Å². The molecular formula is C12H15BrN2OS. The highest BCUT2D eigenvalue weighted by atomic mass is 79.9. The minimum absolute atomic E-state index is 0.159. The van der Waals surface area contributed by atoms with Crippen LogP contribution in [0.3, 0.4) is 0 Å². The molecule has 92 valence electrons. The summed E-state index contributed by atoms with van der Waals surface area (Å²) in [7, 11) is 0. The predicted octanol–water partition coefficient (Wildman–Crippen LogP) is 2.38. The topological polar surface area (TPSA) is 55.1 Å². The monoisotopic (exact) mass is 314 g/mol. The fourth-order valence-electron chi connectivity index (χ4n) is 1.12. The molecule has 0 aromatic heterocycles. The Kier molecular flexibility index (Phi) is 4.65. The van der Waals surface area contributed by atoms with Crippen LogP contribution in [0.1, 0.15) is 19.4 Å². The van der Waals surface area contributed by atoms with Gasteiger partial charge in [-0.2, -0.15) is 0 Å². The van der Waals surface area contributed by atoms with E-state index in [4.69, 9.17) is 18.0 Å². The van der Waals surface area contributed by atoms with Crippen molar-refractivity contribution in [3.05, 3.63) is 34.3 Å². The zero-order valence-electron chi connectivity index (χ0n) is 9.79. The van der Waals surface area contributed by atoms with Crippen LogP contribution in [0.15, 0.2) is 28.7 Å². The third-order valence-corrected chi connectivity index (χ3v) is 3.59. The van der Waals surface area contributed by atoms with Crippen LogP contribution in [0.4, 0.5) is 0 Å². The van der Waals surface area contributed by atoms with Crippen molar-refractivity contribution in [1.29, 1.82) is 0 Å². The zero-order chi connectivity index (χ0) is 13.1. The molecule has 0 spiro atoms. The summed E-state index contributed by atoms with van der Waals surface area (Å²) in [6.45, 7) is 3.90. The second kappa shape index (κ2) is 5.60. The number of nitrogens with two attached hydrogens (primary N) is 1. The van der Waals surface area contributed by atoms with E-state index in [0.29, 0.717) is 6.54 Å². The van der Waals surface area contributed by atoms with Crippen LogP contribution in [-0.2, 0) is 11.3 Å². The summed E-state index contributed by atoms with van der Waals surface area (Å²) >= 11 is 8.22. The lowest BCUT2D eigenvalue weighted by atomic mass is 9.92. The third kappa shape index (κ3) is 3.78. The van der Waals surface area contributed by atoms with Gasteiger partial charge in [0.25, 0.3) is 0 Å². The molecule has 1 amide bonds. The summed E-state index contributed by atoms with van der Waals surface area (Å²) < 4.78 is 1.01. The first-order chi connectivity index (χ1) is 7.84. The smallest absolute Gasteiger partial charge is 0.232 e. The van der Waals surface area contributed by atoms with Crippen molar-refractivity contribution < 1.29 is 4.79 Å². The molecule has 0 aliphatic rings. The Balaban J connectivity index is 2.60. The Morgan fingerprint density at radius 1 is 1.41 bits per heavy atom. The van der Waals surface area contributed by atoms with E-state index in [1.165, 1.54) is 0 Å². The van der Waals surface area contributed by atoms with Gasteiger partial charge >= 0.3 is 0 Å². The number of carbonyl (C=O) groups is 1. The summed E-state index contributed by atoms with van der Waals surface area (Å²) in [5.41, 5.74) is 5.74. The van der Waals surface area contributed by atoms with E-state index in [2.05, 4.69) is 21.2 Å². The number of nitrogens with one attached hydrogen (secondary N) is 1. The van der Waals surface area contributed by atoms with Gasteiger partial charge in [-0.15, -0.1) is 0 Å². The highest BCUT2D eigenvalue weighted by molar-refractivity contribution is 9.10. The van der Waals surface area contributed by atoms with E-state index in [0.717, 1.165) is 10.0 Å². The van der Waals surface area contributed by atoms with Crippen molar-refractivity contribution in [3.8, 4) is 0 Å². The first-order valence-electron chi connectivity index (χ1n) is 5.16. The highest BCUT2D eigenvalue weighted by Gasteiger charge is 2.30. The third-order valence-electron chi connectivity index (χ3n) is 2.55. The molecule has 1 aromatic carbocycles. The summed E-state index contributed by atoms with van der Waals surface area (Å²) in [4.78, 5) is 12.1. The van der Waals surface area contributed by atoms with Gasteiger partial charge in [0, 0.05) is 11.0 Å². The standard InChI is InChI=1S/C12H15BrN2OS/c1-12(2,10(14)17)11(16)15-7-8-3-5-9(13)6-4-8/h3-6H,7H2,1-2H3,(H2,14,17)(H,15,16). The van der Waals surface area contributed by atoms with Crippen LogP contribution in [0.5, 0.6) is 0 Å². The van der Waals surface area contributed by atoms with Gasteiger partial charge < -0.3 is 11.1 Å². The van der Waals surface area contributed by atoms with Gasteiger partial charge in [-0.25, -0.2) is 0 Å². The number of rotatable bonds is 4. The molecule has 3 nitrogen and oxygen atoms in total. The lowest BCUT2D eigenvalue weighted by molar-refractivity contribution is -0.126. The average molecular weight is 315 g/mol. The number of hydrogen-bond acceptors (Lipinski definition) is 2. The number of carbonyl (C=O) groups excluding carboxylic acids is 1. The maximum Gasteiger partial charge on any atom is 0.232 e. The molecule has 0 atom stereocenters. The number of thiocarbonyl (C=S) groups is 1. The molecule has 0 aliphatic carbocycles. The number of halogens is 1. The Morgan fingerprint density at radius 2 is 1.94 bits per heavy atom. The molecule has 0 saturated carbocycles. The SMILES string of the molecule is CC(C)(C(=O)NCc1ccc(Br)cc1)C(N)=S. The Hall–Kier alpha value is -0.940. The minimum atomic E-state index is -0.815. The van der Waals surface area contributed by atoms with E-state index in [1.807, 2.05) is 24.3 Å². The van der Waals surface area contributed by atoms with E-state index < -0.39 is 5.41 Å². The van der Waals surface area contributed by atoms with Gasteiger partial charge in [-0.05, 0) is 31.5 Å². The van der Waals surface area contributed by atoms with Crippen LogP contribution in [0.25, 0.3) is 0 Å². The molecule has 5 heteroatoms. The van der Waals surface area contributed by atoms with Crippen molar-refractivity contribution in [2.45, 2.75) is 20.4 Å². The molecule has 0 saturated heterocycles. The Morgan fingerprint density at radius 3 is 2.41 bits per heavy atom.